The van der Waals surface area contributed by atoms with Crippen molar-refractivity contribution in [3.8, 4) is 0 Å². The Morgan fingerprint density at radius 1 is 1.23 bits per heavy atom. The van der Waals surface area contributed by atoms with Gasteiger partial charge in [0.05, 0.1) is 0 Å². The van der Waals surface area contributed by atoms with Gasteiger partial charge < -0.3 is 15.7 Å². The Hall–Kier alpha value is -1.92. The number of nitrogens with zero attached hydrogens (tertiary/aromatic N) is 2. The quantitative estimate of drug-likeness (QED) is 0.598. The van der Waals surface area contributed by atoms with Crippen molar-refractivity contribution in [2.24, 2.45) is 5.73 Å². The molecule has 2 bridgehead atoms. The maximum Gasteiger partial charge on any atom is 0.251 e. The summed E-state index contributed by atoms with van der Waals surface area (Å²) in [6.07, 6.45) is 6.50. The standard InChI is InChI=1S/C25H39N3O3/c1-4-7-21(5-2)28(25(31)17(3)29)13-12-27-22-10-11-23(27)16-20(15-22)18-8-6-9-19(14-18)24(26)30/h6,8-9,14,17,20-23,29H,4-5,7,10-13,15-16H2,1-3H3,(H2,26,30)/t17-,20-,21?,22+,23-/m1/s1. The first-order chi connectivity index (χ1) is 14.8. The maximum atomic E-state index is 12.7. The Morgan fingerprint density at radius 2 is 1.90 bits per heavy atom. The van der Waals surface area contributed by atoms with E-state index in [1.165, 1.54) is 18.4 Å². The van der Waals surface area contributed by atoms with E-state index < -0.39 is 6.10 Å². The molecule has 2 saturated heterocycles. The normalized spacial score (nSPS) is 25.2. The number of amides is 2. The highest BCUT2D eigenvalue weighted by atomic mass is 16.3. The third kappa shape index (κ3) is 5.47. The Morgan fingerprint density at radius 3 is 2.45 bits per heavy atom. The molecule has 0 aromatic heterocycles. The molecule has 2 aliphatic rings. The van der Waals surface area contributed by atoms with Crippen LogP contribution in [0.5, 0.6) is 0 Å². The summed E-state index contributed by atoms with van der Waals surface area (Å²) in [5, 5.41) is 9.94. The van der Waals surface area contributed by atoms with Gasteiger partial charge in [-0.1, -0.05) is 32.4 Å². The fraction of sp³-hybridized carbons (Fsp3) is 0.680. The molecule has 1 aromatic rings. The van der Waals surface area contributed by atoms with Crippen molar-refractivity contribution in [1.29, 1.82) is 0 Å². The van der Waals surface area contributed by atoms with Crippen LogP contribution in [0.2, 0.25) is 0 Å². The minimum absolute atomic E-state index is 0.147. The number of carbonyl (C=O) groups excluding carboxylic acids is 2. The average Bonchev–Trinajstić information content (AvgIpc) is 2.99. The van der Waals surface area contributed by atoms with Crippen LogP contribution in [-0.2, 0) is 4.79 Å². The fourth-order valence-electron chi connectivity index (χ4n) is 5.71. The summed E-state index contributed by atoms with van der Waals surface area (Å²) < 4.78 is 0. The molecule has 3 rings (SSSR count). The SMILES string of the molecule is CCCC(CC)N(CCN1[C@@H]2CC[C@H]1C[C@@H](c1cccc(C(N)=O)c1)C2)C(=O)[C@@H](C)O. The second-order valence-corrected chi connectivity index (χ2v) is 9.34. The summed E-state index contributed by atoms with van der Waals surface area (Å²) in [5.74, 6) is -0.0692. The number of benzene rings is 1. The molecule has 31 heavy (non-hydrogen) atoms. The number of rotatable bonds is 10. The number of hydrogen-bond donors (Lipinski definition) is 2. The molecule has 6 heteroatoms. The van der Waals surface area contributed by atoms with Crippen LogP contribution >= 0.6 is 0 Å². The second-order valence-electron chi connectivity index (χ2n) is 9.34. The van der Waals surface area contributed by atoms with E-state index in [0.717, 1.165) is 38.6 Å². The summed E-state index contributed by atoms with van der Waals surface area (Å²) in [7, 11) is 0. The fourth-order valence-corrected chi connectivity index (χ4v) is 5.71. The molecule has 0 aliphatic carbocycles. The van der Waals surface area contributed by atoms with Gasteiger partial charge in [-0.3, -0.25) is 14.5 Å². The van der Waals surface area contributed by atoms with Crippen molar-refractivity contribution in [3.63, 3.8) is 0 Å². The highest BCUT2D eigenvalue weighted by Gasteiger charge is 2.41. The molecule has 2 fully saturated rings. The van der Waals surface area contributed by atoms with Crippen molar-refractivity contribution < 1.29 is 14.7 Å². The highest BCUT2D eigenvalue weighted by Crippen LogP contribution is 2.43. The predicted molar refractivity (Wildman–Crippen MR) is 123 cm³/mol. The minimum atomic E-state index is -0.953. The number of nitrogens with two attached hydrogens (primary N) is 1. The lowest BCUT2D eigenvalue weighted by molar-refractivity contribution is -0.142. The van der Waals surface area contributed by atoms with E-state index in [0.29, 0.717) is 30.1 Å². The molecule has 5 atom stereocenters. The number of aliphatic hydroxyl groups excluding tert-OH is 1. The lowest BCUT2D eigenvalue weighted by Gasteiger charge is -2.41. The van der Waals surface area contributed by atoms with Gasteiger partial charge in [0, 0.05) is 36.8 Å². The molecule has 172 valence electrons. The number of piperidine rings is 1. The number of aliphatic hydroxyl groups is 1. The smallest absolute Gasteiger partial charge is 0.251 e. The van der Waals surface area contributed by atoms with Crippen LogP contribution in [0, 0.1) is 0 Å². The van der Waals surface area contributed by atoms with Gasteiger partial charge in [-0.15, -0.1) is 0 Å². The van der Waals surface area contributed by atoms with Gasteiger partial charge in [0.15, 0.2) is 0 Å². The van der Waals surface area contributed by atoms with Crippen LogP contribution in [0.3, 0.4) is 0 Å². The molecule has 1 unspecified atom stereocenters. The molecular weight excluding hydrogens is 390 g/mol. The van der Waals surface area contributed by atoms with Gasteiger partial charge in [0.25, 0.3) is 5.91 Å². The molecule has 3 N–H and O–H groups in total. The van der Waals surface area contributed by atoms with Gasteiger partial charge in [-0.05, 0) is 69.1 Å². The molecular formula is C25H39N3O3. The van der Waals surface area contributed by atoms with E-state index in [-0.39, 0.29) is 17.9 Å². The summed E-state index contributed by atoms with van der Waals surface area (Å²) in [6.45, 7) is 7.38. The topological polar surface area (TPSA) is 86.9 Å². The van der Waals surface area contributed by atoms with Crippen LogP contribution in [0.4, 0.5) is 0 Å². The van der Waals surface area contributed by atoms with Crippen LogP contribution in [0.15, 0.2) is 24.3 Å². The van der Waals surface area contributed by atoms with Crippen molar-refractivity contribution in [2.45, 2.75) is 95.9 Å². The zero-order valence-electron chi connectivity index (χ0n) is 19.3. The van der Waals surface area contributed by atoms with Crippen LogP contribution in [-0.4, -0.2) is 64.0 Å². The van der Waals surface area contributed by atoms with Gasteiger partial charge in [-0.2, -0.15) is 0 Å². The van der Waals surface area contributed by atoms with Gasteiger partial charge in [0.1, 0.15) is 6.10 Å². The lowest BCUT2D eigenvalue weighted by atomic mass is 9.84. The molecule has 0 spiro atoms. The second kappa shape index (κ2) is 10.6. The molecule has 0 saturated carbocycles. The summed E-state index contributed by atoms with van der Waals surface area (Å²) in [5.41, 5.74) is 7.27. The van der Waals surface area contributed by atoms with Crippen molar-refractivity contribution >= 4 is 11.8 Å². The number of fused-ring (bicyclic) bond motifs is 2. The molecule has 0 radical (unpaired) electrons. The van der Waals surface area contributed by atoms with Gasteiger partial charge >= 0.3 is 0 Å². The maximum absolute atomic E-state index is 12.7. The van der Waals surface area contributed by atoms with Gasteiger partial charge in [-0.25, -0.2) is 0 Å². The zero-order chi connectivity index (χ0) is 22.5. The summed E-state index contributed by atoms with van der Waals surface area (Å²) in [4.78, 5) is 28.8. The number of primary amides is 1. The number of hydrogen-bond acceptors (Lipinski definition) is 4. The van der Waals surface area contributed by atoms with Crippen molar-refractivity contribution in [2.75, 3.05) is 13.1 Å². The Kier molecular flexibility index (Phi) is 8.11. The van der Waals surface area contributed by atoms with Crippen LogP contribution < -0.4 is 5.73 Å². The van der Waals surface area contributed by atoms with E-state index in [1.807, 2.05) is 17.0 Å². The Labute approximate surface area is 186 Å². The van der Waals surface area contributed by atoms with Crippen LogP contribution in [0.1, 0.15) is 87.6 Å². The third-order valence-electron chi connectivity index (χ3n) is 7.30. The van der Waals surface area contributed by atoms with E-state index in [2.05, 4.69) is 24.8 Å². The molecule has 2 amide bonds. The van der Waals surface area contributed by atoms with Crippen molar-refractivity contribution in [3.05, 3.63) is 35.4 Å². The van der Waals surface area contributed by atoms with E-state index in [4.69, 9.17) is 5.73 Å². The lowest BCUT2D eigenvalue weighted by Crippen LogP contribution is -2.51. The monoisotopic (exact) mass is 429 g/mol. The average molecular weight is 430 g/mol. The molecule has 1 aromatic carbocycles. The largest absolute Gasteiger partial charge is 0.384 e. The molecule has 6 nitrogen and oxygen atoms in total. The summed E-state index contributed by atoms with van der Waals surface area (Å²) in [6, 6.07) is 9.00. The first-order valence-electron chi connectivity index (χ1n) is 12.0. The first kappa shape index (κ1) is 23.7. The van der Waals surface area contributed by atoms with Gasteiger partial charge in [0.2, 0.25) is 5.91 Å². The summed E-state index contributed by atoms with van der Waals surface area (Å²) >= 11 is 0. The van der Waals surface area contributed by atoms with E-state index >= 15 is 0 Å². The molecule has 2 heterocycles. The predicted octanol–water partition coefficient (Wildman–Crippen LogP) is 3.28. The van der Waals surface area contributed by atoms with E-state index in [9.17, 15) is 14.7 Å². The first-order valence-corrected chi connectivity index (χ1v) is 12.0. The highest BCUT2D eigenvalue weighted by molar-refractivity contribution is 5.92. The van der Waals surface area contributed by atoms with Crippen LogP contribution in [0.25, 0.3) is 0 Å². The molecule has 2 aliphatic heterocycles. The Bertz CT molecular complexity index is 752. The van der Waals surface area contributed by atoms with E-state index in [1.54, 1.807) is 13.0 Å². The third-order valence-corrected chi connectivity index (χ3v) is 7.30. The van der Waals surface area contributed by atoms with Crippen molar-refractivity contribution in [1.82, 2.24) is 9.80 Å². The zero-order valence-corrected chi connectivity index (χ0v) is 19.3. The Balaban J connectivity index is 1.66. The minimum Gasteiger partial charge on any atom is -0.384 e. The number of carbonyl (C=O) groups is 2.